The molecule has 0 fully saturated rings. The fourth-order valence-electron chi connectivity index (χ4n) is 2.15. The van der Waals surface area contributed by atoms with E-state index in [0.29, 0.717) is 5.69 Å². The number of amides is 1. The van der Waals surface area contributed by atoms with Crippen molar-refractivity contribution in [3.8, 4) is 0 Å². The molecule has 0 aromatic heterocycles. The first-order chi connectivity index (χ1) is 12.6. The lowest BCUT2D eigenvalue weighted by Gasteiger charge is -2.21. The number of hydroxylamine groups is 1. The largest absolute Gasteiger partial charge is 0.396 e. The molecule has 2 rings (SSSR count). The Balaban J connectivity index is 2.25. The van der Waals surface area contributed by atoms with Gasteiger partial charge in [0.2, 0.25) is 0 Å². The molecule has 0 saturated carbocycles. The molecule has 3 N–H and O–H groups in total. The van der Waals surface area contributed by atoms with E-state index in [9.17, 15) is 14.3 Å². The highest BCUT2D eigenvalue weighted by Crippen LogP contribution is 2.29. The van der Waals surface area contributed by atoms with E-state index >= 15 is 0 Å². The zero-order valence-corrected chi connectivity index (χ0v) is 18.9. The van der Waals surface area contributed by atoms with Crippen molar-refractivity contribution in [2.45, 2.75) is 20.8 Å². The zero-order chi connectivity index (χ0) is 20.2. The lowest BCUT2D eigenvalue weighted by Crippen LogP contribution is -2.32. The smallest absolute Gasteiger partial charge is 0.276 e. The Labute approximate surface area is 179 Å². The van der Waals surface area contributed by atoms with E-state index in [0.717, 1.165) is 14.8 Å². The monoisotopic (exact) mass is 550 g/mol. The molecule has 0 heterocycles. The van der Waals surface area contributed by atoms with Crippen molar-refractivity contribution in [3.63, 3.8) is 0 Å². The minimum absolute atomic E-state index is 0.0795. The van der Waals surface area contributed by atoms with Gasteiger partial charge in [-0.25, -0.2) is 9.87 Å². The number of hydrogen-bond acceptors (Lipinski definition) is 4. The molecule has 0 radical (unpaired) electrons. The summed E-state index contributed by atoms with van der Waals surface area (Å²) in [7, 11) is 0. The minimum atomic E-state index is -0.518. The Morgan fingerprint density at radius 2 is 2.00 bits per heavy atom. The summed E-state index contributed by atoms with van der Waals surface area (Å²) in [5, 5.41) is 12.4. The number of rotatable bonds is 7. The molecule has 27 heavy (non-hydrogen) atoms. The molecule has 0 aliphatic carbocycles. The topological polar surface area (TPSA) is 70.6 Å². The first-order valence-electron chi connectivity index (χ1n) is 8.18. The summed E-state index contributed by atoms with van der Waals surface area (Å²) in [6, 6.07) is 8.44. The van der Waals surface area contributed by atoms with Gasteiger partial charge in [0.05, 0.1) is 28.9 Å². The van der Waals surface area contributed by atoms with Gasteiger partial charge >= 0.3 is 0 Å². The van der Waals surface area contributed by atoms with Gasteiger partial charge in [-0.1, -0.05) is 13.8 Å². The Morgan fingerprint density at radius 3 is 2.63 bits per heavy atom. The summed E-state index contributed by atoms with van der Waals surface area (Å²) >= 11 is 5.32. The van der Waals surface area contributed by atoms with Crippen LogP contribution in [-0.2, 0) is 4.84 Å². The molecule has 0 saturated heterocycles. The van der Waals surface area contributed by atoms with Gasteiger partial charge in [0.25, 0.3) is 5.91 Å². The quantitative estimate of drug-likeness (QED) is 0.338. The predicted molar refractivity (Wildman–Crippen MR) is 116 cm³/mol. The van der Waals surface area contributed by atoms with E-state index in [1.54, 1.807) is 13.8 Å². The van der Waals surface area contributed by atoms with Gasteiger partial charge in [-0.2, -0.15) is 0 Å². The summed E-state index contributed by atoms with van der Waals surface area (Å²) in [6.07, 6.45) is 0. The maximum absolute atomic E-state index is 14.1. The van der Waals surface area contributed by atoms with Gasteiger partial charge in [-0.3, -0.25) is 9.63 Å². The third-order valence-corrected chi connectivity index (χ3v) is 5.10. The van der Waals surface area contributed by atoms with Gasteiger partial charge in [0, 0.05) is 14.7 Å². The summed E-state index contributed by atoms with van der Waals surface area (Å²) in [5.74, 6) is -1.00. The van der Waals surface area contributed by atoms with Crippen LogP contribution in [0.1, 0.15) is 29.8 Å². The van der Waals surface area contributed by atoms with Gasteiger partial charge in [-0.15, -0.1) is 0 Å². The highest BCUT2D eigenvalue weighted by atomic mass is 127. The number of aryl methyl sites for hydroxylation is 1. The molecule has 0 unspecified atom stereocenters. The standard InChI is InChI=1S/C19H21BrFIN2O3/c1-11-6-12(22)4-5-16(11)23-17-8-15(21)14(20)7-13(17)18(26)24-27-10-19(2,3)9-25/h4-8,23,25H,9-10H2,1-3H3,(H,24,26). The predicted octanol–water partition coefficient (Wildman–Crippen LogP) is 4.92. The van der Waals surface area contributed by atoms with Gasteiger partial charge < -0.3 is 10.4 Å². The van der Waals surface area contributed by atoms with Crippen LogP contribution in [0.25, 0.3) is 0 Å². The minimum Gasteiger partial charge on any atom is -0.396 e. The SMILES string of the molecule is Cc1cc(I)ccc1Nc1cc(F)c(Br)cc1C(=O)NOCC(C)(C)CO. The maximum atomic E-state index is 14.1. The van der Waals surface area contributed by atoms with E-state index in [1.165, 1.54) is 12.1 Å². The average molecular weight is 551 g/mol. The zero-order valence-electron chi connectivity index (χ0n) is 15.2. The lowest BCUT2D eigenvalue weighted by atomic mass is 9.97. The first-order valence-corrected chi connectivity index (χ1v) is 10.1. The fraction of sp³-hybridized carbons (Fsp3) is 0.316. The van der Waals surface area contributed by atoms with Crippen LogP contribution in [-0.4, -0.2) is 24.2 Å². The van der Waals surface area contributed by atoms with Crippen molar-refractivity contribution in [2.75, 3.05) is 18.5 Å². The molecule has 0 aliphatic rings. The molecule has 146 valence electrons. The summed E-state index contributed by atoms with van der Waals surface area (Å²) in [6.45, 7) is 5.60. The van der Waals surface area contributed by atoms with E-state index in [1.807, 2.05) is 25.1 Å². The molecule has 2 aromatic carbocycles. The Bertz CT molecular complexity index is 846. The second-order valence-corrected chi connectivity index (χ2v) is 9.04. The number of carbonyl (C=O) groups is 1. The van der Waals surface area contributed by atoms with Crippen LogP contribution in [0.4, 0.5) is 15.8 Å². The van der Waals surface area contributed by atoms with Crippen LogP contribution in [0.5, 0.6) is 0 Å². The molecular formula is C19H21BrFIN2O3. The van der Waals surface area contributed by atoms with Crippen LogP contribution < -0.4 is 10.8 Å². The number of carbonyl (C=O) groups excluding carboxylic acids is 1. The lowest BCUT2D eigenvalue weighted by molar-refractivity contribution is -0.0197. The van der Waals surface area contributed by atoms with E-state index in [2.05, 4.69) is 49.3 Å². The third-order valence-electron chi connectivity index (χ3n) is 3.82. The molecule has 0 bridgehead atoms. The van der Waals surface area contributed by atoms with Gasteiger partial charge in [-0.05, 0) is 81.3 Å². The number of aliphatic hydroxyl groups is 1. The second kappa shape index (κ2) is 9.31. The molecule has 8 heteroatoms. The summed E-state index contributed by atoms with van der Waals surface area (Å²) in [5.41, 5.74) is 4.15. The molecule has 0 atom stereocenters. The third kappa shape index (κ3) is 6.13. The van der Waals surface area contributed by atoms with E-state index in [4.69, 9.17) is 4.84 Å². The van der Waals surface area contributed by atoms with Gasteiger partial charge in [0.15, 0.2) is 0 Å². The van der Waals surface area contributed by atoms with Crippen molar-refractivity contribution in [1.82, 2.24) is 5.48 Å². The normalized spacial score (nSPS) is 11.4. The van der Waals surface area contributed by atoms with Crippen molar-refractivity contribution in [2.24, 2.45) is 5.41 Å². The van der Waals surface area contributed by atoms with Crippen molar-refractivity contribution in [1.29, 1.82) is 0 Å². The average Bonchev–Trinajstić information content (AvgIpc) is 2.60. The molecule has 0 aliphatic heterocycles. The highest BCUT2D eigenvalue weighted by molar-refractivity contribution is 14.1. The summed E-state index contributed by atoms with van der Waals surface area (Å²) < 4.78 is 15.3. The number of anilines is 2. The molecule has 0 spiro atoms. The molecule has 5 nitrogen and oxygen atoms in total. The Hall–Kier alpha value is -1.23. The first kappa shape index (κ1) is 22.1. The molecule has 2 aromatic rings. The second-order valence-electron chi connectivity index (χ2n) is 6.94. The molecule has 1 amide bonds. The van der Waals surface area contributed by atoms with Crippen LogP contribution in [0.2, 0.25) is 0 Å². The highest BCUT2D eigenvalue weighted by Gasteiger charge is 2.20. The van der Waals surface area contributed by atoms with Crippen molar-refractivity contribution >= 4 is 55.8 Å². The number of nitrogens with one attached hydrogen (secondary N) is 2. The maximum Gasteiger partial charge on any atom is 0.276 e. The molecular weight excluding hydrogens is 530 g/mol. The van der Waals surface area contributed by atoms with Gasteiger partial charge in [0.1, 0.15) is 5.82 Å². The summed E-state index contributed by atoms with van der Waals surface area (Å²) in [4.78, 5) is 17.8. The Morgan fingerprint density at radius 1 is 1.30 bits per heavy atom. The Kier molecular flexibility index (Phi) is 7.61. The van der Waals surface area contributed by atoms with Crippen molar-refractivity contribution < 1.29 is 19.1 Å². The van der Waals surface area contributed by atoms with Crippen molar-refractivity contribution in [3.05, 3.63) is 55.3 Å². The number of hydrogen-bond donors (Lipinski definition) is 3. The number of halogens is 3. The van der Waals surface area contributed by atoms with Crippen LogP contribution in [0.3, 0.4) is 0 Å². The van der Waals surface area contributed by atoms with Crippen LogP contribution in [0, 0.1) is 21.7 Å². The fourth-order valence-corrected chi connectivity index (χ4v) is 3.14. The number of benzene rings is 2. The van der Waals surface area contributed by atoms with Crippen LogP contribution >= 0.6 is 38.5 Å². The van der Waals surface area contributed by atoms with Crippen LogP contribution in [0.15, 0.2) is 34.8 Å². The van der Waals surface area contributed by atoms with E-state index < -0.39 is 17.1 Å². The van der Waals surface area contributed by atoms with E-state index in [-0.39, 0.29) is 23.2 Å². The number of aliphatic hydroxyl groups excluding tert-OH is 1.